The molecule has 0 aliphatic heterocycles. The highest BCUT2D eigenvalue weighted by Crippen LogP contribution is 2.44. The van der Waals surface area contributed by atoms with Crippen LogP contribution in [0.3, 0.4) is 0 Å². The zero-order valence-electron chi connectivity index (χ0n) is 18.5. The second-order valence-corrected chi connectivity index (χ2v) is 7.70. The van der Waals surface area contributed by atoms with Crippen molar-refractivity contribution in [3.05, 3.63) is 107 Å². The zero-order chi connectivity index (χ0) is 26.6. The number of aliphatic hydroxyl groups is 4. The predicted octanol–water partition coefficient (Wildman–Crippen LogP) is 2.03. The first kappa shape index (κ1) is 26.0. The van der Waals surface area contributed by atoms with Gasteiger partial charge in [0.15, 0.2) is 29.2 Å². The molecule has 10 nitrogen and oxygen atoms in total. The maximum absolute atomic E-state index is 12.0. The number of allylic oxidation sites excluding steroid dienone is 2. The molecule has 0 radical (unpaired) electrons. The van der Waals surface area contributed by atoms with E-state index in [0.717, 1.165) is 18.2 Å². The third-order valence-electron chi connectivity index (χ3n) is 5.22. The van der Waals surface area contributed by atoms with Crippen molar-refractivity contribution in [3.63, 3.8) is 0 Å². The molecule has 0 spiro atoms. The maximum Gasteiger partial charge on any atom is 0.217 e. The van der Waals surface area contributed by atoms with E-state index >= 15 is 0 Å². The summed E-state index contributed by atoms with van der Waals surface area (Å²) in [5.74, 6) is -7.62. The Morgan fingerprint density at radius 2 is 1.19 bits per heavy atom. The summed E-state index contributed by atoms with van der Waals surface area (Å²) in [5.41, 5.74) is 0.179. The first-order valence-corrected chi connectivity index (χ1v) is 10.4. The molecule has 186 valence electrons. The Balaban J connectivity index is 0.000000201. The standard InChI is InChI=1S/C13H12O5.C13H10O5/c14-10(8-4-2-1-3-5-8)9-6-7-13(17,18)12(16)11(9)15;14-9-6-8(11(16)13(18)12(9)17)10(15)7-4-2-1-3-5-7/h1-7,12,15-18H;1-6,14,16-18H. The summed E-state index contributed by atoms with van der Waals surface area (Å²) in [5, 5.41) is 75.2. The van der Waals surface area contributed by atoms with Crippen LogP contribution in [0.1, 0.15) is 26.3 Å². The summed E-state index contributed by atoms with van der Waals surface area (Å²) >= 11 is 0. The van der Waals surface area contributed by atoms with Gasteiger partial charge in [-0.05, 0) is 18.2 Å². The van der Waals surface area contributed by atoms with Crippen LogP contribution < -0.4 is 0 Å². The Morgan fingerprint density at radius 1 is 0.694 bits per heavy atom. The van der Waals surface area contributed by atoms with Crippen LogP contribution in [0, 0.1) is 0 Å². The topological polar surface area (TPSA) is 196 Å². The lowest BCUT2D eigenvalue weighted by Gasteiger charge is -2.27. The number of hydrogen-bond acceptors (Lipinski definition) is 10. The van der Waals surface area contributed by atoms with Crippen molar-refractivity contribution in [1.29, 1.82) is 0 Å². The van der Waals surface area contributed by atoms with Crippen molar-refractivity contribution in [2.45, 2.75) is 11.9 Å². The van der Waals surface area contributed by atoms with E-state index in [9.17, 15) is 50.4 Å². The molecule has 0 bridgehead atoms. The third kappa shape index (κ3) is 5.20. The highest BCUT2D eigenvalue weighted by molar-refractivity contribution is 6.12. The summed E-state index contributed by atoms with van der Waals surface area (Å²) in [6.45, 7) is 0. The van der Waals surface area contributed by atoms with E-state index in [0.29, 0.717) is 5.56 Å². The van der Waals surface area contributed by atoms with E-state index in [4.69, 9.17) is 0 Å². The van der Waals surface area contributed by atoms with Gasteiger partial charge in [0.2, 0.25) is 17.3 Å². The molecule has 0 saturated heterocycles. The molecule has 8 N–H and O–H groups in total. The molecular weight excluding hydrogens is 472 g/mol. The highest BCUT2D eigenvalue weighted by atomic mass is 16.5. The van der Waals surface area contributed by atoms with Crippen molar-refractivity contribution in [2.75, 3.05) is 0 Å². The number of hydrogen-bond donors (Lipinski definition) is 8. The zero-order valence-corrected chi connectivity index (χ0v) is 18.5. The maximum atomic E-state index is 12.0. The molecule has 3 aromatic carbocycles. The second-order valence-electron chi connectivity index (χ2n) is 7.70. The largest absolute Gasteiger partial charge is 0.509 e. The van der Waals surface area contributed by atoms with Gasteiger partial charge >= 0.3 is 0 Å². The molecule has 1 unspecified atom stereocenters. The minimum absolute atomic E-state index is 0.160. The average molecular weight is 494 g/mol. The third-order valence-corrected chi connectivity index (χ3v) is 5.22. The van der Waals surface area contributed by atoms with Crippen molar-refractivity contribution < 1.29 is 50.4 Å². The smallest absolute Gasteiger partial charge is 0.217 e. The minimum atomic E-state index is -2.56. The molecule has 3 aromatic rings. The number of aromatic hydroxyl groups is 4. The van der Waals surface area contributed by atoms with Crippen LogP contribution in [0.25, 0.3) is 0 Å². The Morgan fingerprint density at radius 3 is 1.72 bits per heavy atom. The first-order valence-electron chi connectivity index (χ1n) is 10.4. The summed E-state index contributed by atoms with van der Waals surface area (Å²) in [6, 6.07) is 17.2. The lowest BCUT2D eigenvalue weighted by atomic mass is 9.92. The Kier molecular flexibility index (Phi) is 7.45. The Labute approximate surface area is 204 Å². The molecule has 1 atom stereocenters. The van der Waals surface area contributed by atoms with E-state index in [2.05, 4.69) is 0 Å². The number of phenols is 4. The Hall–Kier alpha value is -4.64. The molecule has 0 fully saturated rings. The lowest BCUT2D eigenvalue weighted by Crippen LogP contribution is -2.44. The summed E-state index contributed by atoms with van der Waals surface area (Å²) in [7, 11) is 0. The van der Waals surface area contributed by atoms with Gasteiger partial charge in [0.1, 0.15) is 5.76 Å². The first-order chi connectivity index (χ1) is 17.0. The lowest BCUT2D eigenvalue weighted by molar-refractivity contribution is -0.186. The van der Waals surface area contributed by atoms with E-state index < -0.39 is 52.2 Å². The van der Waals surface area contributed by atoms with Gasteiger partial charge in [-0.3, -0.25) is 9.59 Å². The highest BCUT2D eigenvalue weighted by Gasteiger charge is 2.39. The predicted molar refractivity (Wildman–Crippen MR) is 126 cm³/mol. The van der Waals surface area contributed by atoms with E-state index in [1.54, 1.807) is 48.5 Å². The number of phenolic OH excluding ortho intramolecular Hbond substituents is 4. The van der Waals surface area contributed by atoms with Crippen molar-refractivity contribution in [1.82, 2.24) is 0 Å². The minimum Gasteiger partial charge on any atom is -0.509 e. The monoisotopic (exact) mass is 494 g/mol. The van der Waals surface area contributed by atoms with Gasteiger partial charge < -0.3 is 40.9 Å². The van der Waals surface area contributed by atoms with Crippen LogP contribution >= 0.6 is 0 Å². The van der Waals surface area contributed by atoms with Gasteiger partial charge in [-0.2, -0.15) is 0 Å². The van der Waals surface area contributed by atoms with Gasteiger partial charge in [-0.15, -0.1) is 0 Å². The molecule has 0 saturated carbocycles. The second kappa shape index (κ2) is 10.3. The van der Waals surface area contributed by atoms with E-state index in [-0.39, 0.29) is 16.7 Å². The van der Waals surface area contributed by atoms with Crippen LogP contribution in [0.2, 0.25) is 0 Å². The average Bonchev–Trinajstić information content (AvgIpc) is 2.89. The van der Waals surface area contributed by atoms with Crippen LogP contribution in [-0.2, 0) is 0 Å². The number of aliphatic hydroxyl groups excluding tert-OH is 2. The molecule has 1 aliphatic carbocycles. The van der Waals surface area contributed by atoms with E-state index in [1.165, 1.54) is 12.1 Å². The summed E-state index contributed by atoms with van der Waals surface area (Å²) in [4.78, 5) is 24.0. The Bertz CT molecular complexity index is 1340. The van der Waals surface area contributed by atoms with Crippen LogP contribution in [0.5, 0.6) is 23.0 Å². The molecule has 1 aliphatic rings. The van der Waals surface area contributed by atoms with Crippen LogP contribution in [0.15, 0.2) is 90.2 Å². The molecular formula is C26H22O10. The fourth-order valence-corrected chi connectivity index (χ4v) is 3.22. The van der Waals surface area contributed by atoms with Crippen molar-refractivity contribution in [2.24, 2.45) is 0 Å². The summed E-state index contributed by atoms with van der Waals surface area (Å²) in [6.07, 6.45) is -0.00420. The number of ketones is 2. The van der Waals surface area contributed by atoms with Gasteiger partial charge in [0.05, 0.1) is 11.1 Å². The van der Waals surface area contributed by atoms with Gasteiger partial charge in [-0.25, -0.2) is 0 Å². The van der Waals surface area contributed by atoms with E-state index in [1.807, 2.05) is 0 Å². The SMILES string of the molecule is O=C(C1=C(O)C(O)C(O)(O)C=C1)c1ccccc1.O=C(c1ccccc1)c1cc(O)c(O)c(O)c1O. The fourth-order valence-electron chi connectivity index (χ4n) is 3.22. The van der Waals surface area contributed by atoms with Crippen LogP contribution in [0.4, 0.5) is 0 Å². The quantitative estimate of drug-likeness (QED) is 0.115. The molecule has 4 rings (SSSR count). The number of carbonyl (C=O) groups excluding carboxylic acids is 2. The molecule has 0 aromatic heterocycles. The molecule has 0 amide bonds. The normalized spacial score (nSPS) is 16.1. The molecule has 36 heavy (non-hydrogen) atoms. The van der Waals surface area contributed by atoms with Crippen molar-refractivity contribution >= 4 is 11.6 Å². The molecule has 0 heterocycles. The van der Waals surface area contributed by atoms with Gasteiger partial charge in [0, 0.05) is 11.1 Å². The number of benzene rings is 3. The van der Waals surface area contributed by atoms with Crippen molar-refractivity contribution in [3.8, 4) is 23.0 Å². The van der Waals surface area contributed by atoms with Gasteiger partial charge in [-0.1, -0.05) is 60.7 Å². The van der Waals surface area contributed by atoms with Crippen LogP contribution in [-0.4, -0.2) is 64.3 Å². The number of carbonyl (C=O) groups is 2. The summed E-state index contributed by atoms with van der Waals surface area (Å²) < 4.78 is 0. The fraction of sp³-hybridized carbons (Fsp3) is 0.0769. The molecule has 10 heteroatoms. The van der Waals surface area contributed by atoms with Gasteiger partial charge in [0.25, 0.3) is 0 Å². The number of Topliss-reactive ketones (excluding diaryl/α,β-unsaturated/α-hetero) is 1. The number of rotatable bonds is 4.